The molecule has 0 saturated heterocycles. The van der Waals surface area contributed by atoms with Gasteiger partial charge in [-0.1, -0.05) is 12.1 Å². The highest BCUT2D eigenvalue weighted by molar-refractivity contribution is 7.18. The number of benzene rings is 1. The van der Waals surface area contributed by atoms with E-state index in [1.54, 1.807) is 42.0 Å². The Hall–Kier alpha value is -3.88. The first kappa shape index (κ1) is 22.9. The van der Waals surface area contributed by atoms with Crippen molar-refractivity contribution in [3.63, 3.8) is 0 Å². The number of aromatic nitrogens is 1. The highest BCUT2D eigenvalue weighted by atomic mass is 32.1. The minimum atomic E-state index is -0.199. The molecule has 0 N–H and O–H groups in total. The molecule has 5 aromatic rings. The van der Waals surface area contributed by atoms with Gasteiger partial charge in [-0.05, 0) is 53.4 Å². The van der Waals surface area contributed by atoms with Crippen molar-refractivity contribution in [2.24, 2.45) is 0 Å². The Labute approximate surface area is 205 Å². The maximum atomic E-state index is 13.8. The molecule has 0 spiro atoms. The van der Waals surface area contributed by atoms with Gasteiger partial charge in [0.1, 0.15) is 11.5 Å². The van der Waals surface area contributed by atoms with Gasteiger partial charge in [-0.25, -0.2) is 0 Å². The van der Waals surface area contributed by atoms with E-state index in [1.165, 1.54) is 11.3 Å². The molecule has 5 rings (SSSR count). The van der Waals surface area contributed by atoms with Crippen molar-refractivity contribution < 1.29 is 18.7 Å². The number of amides is 1. The maximum absolute atomic E-state index is 13.8. The van der Waals surface area contributed by atoms with E-state index in [1.807, 2.05) is 53.9 Å². The third-order valence-corrected chi connectivity index (χ3v) is 6.89. The summed E-state index contributed by atoms with van der Waals surface area (Å²) in [4.78, 5) is 29.1. The van der Waals surface area contributed by atoms with Crippen molar-refractivity contribution in [1.82, 2.24) is 9.30 Å². The van der Waals surface area contributed by atoms with Crippen LogP contribution in [0.3, 0.4) is 0 Å². The van der Waals surface area contributed by atoms with Gasteiger partial charge in [-0.3, -0.25) is 14.0 Å². The number of furan rings is 1. The van der Waals surface area contributed by atoms with E-state index < -0.39 is 0 Å². The molecular weight excluding hydrogens is 464 g/mol. The van der Waals surface area contributed by atoms with Crippen molar-refractivity contribution in [3.05, 3.63) is 94.1 Å². The minimum Gasteiger partial charge on any atom is -0.497 e. The largest absolute Gasteiger partial charge is 0.497 e. The van der Waals surface area contributed by atoms with Crippen LogP contribution in [0.2, 0.25) is 0 Å². The number of hydrogen-bond donors (Lipinski definition) is 0. The summed E-state index contributed by atoms with van der Waals surface area (Å²) in [5.41, 5.74) is 2.30. The summed E-state index contributed by atoms with van der Waals surface area (Å²) in [5, 5.41) is 2.75. The molecule has 0 fully saturated rings. The molecule has 0 saturated carbocycles. The molecular formula is C27H24N2O5S. The molecule has 178 valence electrons. The van der Waals surface area contributed by atoms with Crippen molar-refractivity contribution in [3.8, 4) is 16.9 Å². The Balaban J connectivity index is 1.65. The number of thiophene rings is 1. The van der Waals surface area contributed by atoms with Gasteiger partial charge in [0.15, 0.2) is 0 Å². The van der Waals surface area contributed by atoms with E-state index in [-0.39, 0.29) is 11.5 Å². The molecule has 7 nitrogen and oxygen atoms in total. The van der Waals surface area contributed by atoms with Crippen LogP contribution in [0.15, 0.2) is 81.6 Å². The van der Waals surface area contributed by atoms with Crippen LogP contribution in [0.25, 0.3) is 26.7 Å². The molecule has 0 radical (unpaired) electrons. The molecule has 0 aliphatic heterocycles. The Bertz CT molecular complexity index is 1550. The summed E-state index contributed by atoms with van der Waals surface area (Å²) in [6.07, 6.45) is 3.24. The predicted octanol–water partition coefficient (Wildman–Crippen LogP) is 5.07. The Kier molecular flexibility index (Phi) is 6.39. The zero-order valence-corrected chi connectivity index (χ0v) is 20.2. The number of pyridine rings is 2. The van der Waals surface area contributed by atoms with Crippen LogP contribution in [-0.2, 0) is 11.3 Å². The van der Waals surface area contributed by atoms with E-state index in [0.717, 1.165) is 21.2 Å². The van der Waals surface area contributed by atoms with Crippen LogP contribution in [0.4, 0.5) is 0 Å². The van der Waals surface area contributed by atoms with E-state index in [9.17, 15) is 9.59 Å². The number of fused-ring (bicyclic) bond motifs is 3. The number of ether oxygens (including phenoxy) is 2. The van der Waals surface area contributed by atoms with Gasteiger partial charge in [0.25, 0.3) is 11.5 Å². The van der Waals surface area contributed by atoms with Crippen LogP contribution in [-0.4, -0.2) is 42.6 Å². The zero-order chi connectivity index (χ0) is 24.4. The van der Waals surface area contributed by atoms with Crippen molar-refractivity contribution in [2.45, 2.75) is 6.54 Å². The summed E-state index contributed by atoms with van der Waals surface area (Å²) in [6.45, 7) is 1.07. The number of hydrogen-bond acceptors (Lipinski definition) is 6. The molecule has 0 aliphatic rings. The fraction of sp³-hybridized carbons (Fsp3) is 0.185. The minimum absolute atomic E-state index is 0.192. The van der Waals surface area contributed by atoms with Crippen molar-refractivity contribution in [2.75, 3.05) is 27.4 Å². The highest BCUT2D eigenvalue weighted by Gasteiger charge is 2.22. The summed E-state index contributed by atoms with van der Waals surface area (Å²) < 4.78 is 18.5. The standard InChI is InChI=1S/C27H24N2O5S/c1-32-13-11-28(16-20-7-4-12-34-20)26(30)23-17-29-24(25-22(23)10-14-35-25)9-8-21(27(29)31)18-5-3-6-19(15-18)33-2/h3-10,12,14-15,17H,11,13,16H2,1-2H3. The van der Waals surface area contributed by atoms with Crippen LogP contribution in [0.1, 0.15) is 16.1 Å². The van der Waals surface area contributed by atoms with E-state index in [2.05, 4.69) is 0 Å². The second kappa shape index (κ2) is 9.77. The molecule has 1 aromatic carbocycles. The molecule has 8 heteroatoms. The van der Waals surface area contributed by atoms with Gasteiger partial charge in [0.05, 0.1) is 42.3 Å². The fourth-order valence-corrected chi connectivity index (χ4v) is 5.11. The average molecular weight is 489 g/mol. The third-order valence-electron chi connectivity index (χ3n) is 5.95. The van der Waals surface area contributed by atoms with E-state index in [0.29, 0.717) is 42.3 Å². The number of carbonyl (C=O) groups is 1. The van der Waals surface area contributed by atoms with Gasteiger partial charge in [-0.15, -0.1) is 11.3 Å². The average Bonchev–Trinajstić information content (AvgIpc) is 3.58. The van der Waals surface area contributed by atoms with Crippen LogP contribution in [0.5, 0.6) is 5.75 Å². The lowest BCUT2D eigenvalue weighted by Crippen LogP contribution is -2.34. The zero-order valence-electron chi connectivity index (χ0n) is 19.4. The summed E-state index contributed by atoms with van der Waals surface area (Å²) in [6, 6.07) is 16.7. The van der Waals surface area contributed by atoms with Crippen LogP contribution >= 0.6 is 11.3 Å². The number of rotatable bonds is 8. The SMILES string of the molecule is COCCN(Cc1ccco1)C(=O)c1cn2c(=O)c(-c3cccc(OC)c3)ccc2c2sccc12. The smallest absolute Gasteiger partial charge is 0.263 e. The van der Waals surface area contributed by atoms with E-state index in [4.69, 9.17) is 13.9 Å². The first-order valence-electron chi connectivity index (χ1n) is 11.1. The molecule has 1 amide bonds. The Morgan fingerprint density at radius 2 is 2.00 bits per heavy atom. The maximum Gasteiger partial charge on any atom is 0.263 e. The molecule has 0 atom stereocenters. The Morgan fingerprint density at radius 1 is 1.11 bits per heavy atom. The lowest BCUT2D eigenvalue weighted by Gasteiger charge is -2.22. The van der Waals surface area contributed by atoms with Crippen LogP contribution < -0.4 is 10.3 Å². The molecule has 0 unspecified atom stereocenters. The number of methoxy groups -OCH3 is 2. The molecule has 4 heterocycles. The van der Waals surface area contributed by atoms with Gasteiger partial charge >= 0.3 is 0 Å². The van der Waals surface area contributed by atoms with Gasteiger partial charge in [0, 0.05) is 30.8 Å². The first-order chi connectivity index (χ1) is 17.1. The Morgan fingerprint density at radius 3 is 2.77 bits per heavy atom. The lowest BCUT2D eigenvalue weighted by atomic mass is 10.1. The first-order valence-corrected chi connectivity index (χ1v) is 12.0. The molecule has 0 aliphatic carbocycles. The number of carbonyl (C=O) groups excluding carboxylic acids is 1. The van der Waals surface area contributed by atoms with Crippen molar-refractivity contribution >= 4 is 32.8 Å². The van der Waals surface area contributed by atoms with Gasteiger partial charge in [0.2, 0.25) is 0 Å². The topological polar surface area (TPSA) is 73.4 Å². The van der Waals surface area contributed by atoms with Crippen molar-refractivity contribution in [1.29, 1.82) is 0 Å². The van der Waals surface area contributed by atoms with Crippen LogP contribution in [0, 0.1) is 0 Å². The van der Waals surface area contributed by atoms with Gasteiger partial charge in [-0.2, -0.15) is 0 Å². The monoisotopic (exact) mass is 488 g/mol. The second-order valence-electron chi connectivity index (χ2n) is 8.04. The molecule has 4 aromatic heterocycles. The summed E-state index contributed by atoms with van der Waals surface area (Å²) in [5.74, 6) is 1.15. The molecule has 0 bridgehead atoms. The van der Waals surface area contributed by atoms with Gasteiger partial charge < -0.3 is 18.8 Å². The second-order valence-corrected chi connectivity index (χ2v) is 8.96. The highest BCUT2D eigenvalue weighted by Crippen LogP contribution is 2.31. The third kappa shape index (κ3) is 4.34. The fourth-order valence-electron chi connectivity index (χ4n) is 4.18. The quantitative estimate of drug-likeness (QED) is 0.305. The normalized spacial score (nSPS) is 11.3. The van der Waals surface area contributed by atoms with E-state index >= 15 is 0 Å². The number of nitrogens with zero attached hydrogens (tertiary/aromatic N) is 2. The lowest BCUT2D eigenvalue weighted by molar-refractivity contribution is 0.0668. The summed E-state index contributed by atoms with van der Waals surface area (Å²) >= 11 is 1.51. The predicted molar refractivity (Wildman–Crippen MR) is 136 cm³/mol. The molecule has 35 heavy (non-hydrogen) atoms. The summed E-state index contributed by atoms with van der Waals surface area (Å²) in [7, 11) is 3.19.